The van der Waals surface area contributed by atoms with E-state index in [-0.39, 0.29) is 32.9 Å². The maximum absolute atomic E-state index is 2.67. The van der Waals surface area contributed by atoms with Crippen LogP contribution in [0.5, 0.6) is 0 Å². The molecule has 0 spiro atoms. The first-order chi connectivity index (χ1) is 38.4. The monoisotopic (exact) mass is 1020 g/mol. The topological polar surface area (TPSA) is 9.72 Å². The smallest absolute Gasteiger partial charge is 0.0518 e. The molecule has 0 N–H and O–H groups in total. The zero-order chi connectivity index (χ0) is 53.0. The maximum Gasteiger partial charge on any atom is 0.0518 e. The van der Waals surface area contributed by atoms with Gasteiger partial charge in [-0.15, -0.1) is 0 Å². The molecule has 3 fully saturated rings. The number of nitrogens with zero attached hydrogens (tertiary/aromatic N) is 3. The molecular weight excluding hydrogens is 955 g/mol. The second-order valence-electron chi connectivity index (χ2n) is 25.9. The number of hydrogen-bond acceptors (Lipinski definition) is 3. The van der Waals surface area contributed by atoms with Crippen LogP contribution in [0.15, 0.2) is 212 Å². The number of fused-ring (bicyclic) bond motifs is 9. The molecule has 0 saturated heterocycles. The molecule has 3 aliphatic carbocycles. The van der Waals surface area contributed by atoms with Crippen molar-refractivity contribution >= 4 is 66.4 Å². The quantitative estimate of drug-likeness (QED) is 0.147. The Labute approximate surface area is 465 Å². The number of benzene rings is 11. The van der Waals surface area contributed by atoms with Crippen LogP contribution in [0.1, 0.15) is 96.8 Å². The summed E-state index contributed by atoms with van der Waals surface area (Å²) >= 11 is 0. The zero-order valence-corrected chi connectivity index (χ0v) is 46.3. The maximum atomic E-state index is 2.67. The second kappa shape index (κ2) is 15.4. The summed E-state index contributed by atoms with van der Waals surface area (Å²) in [5.74, 6) is 0. The van der Waals surface area contributed by atoms with Crippen molar-refractivity contribution in [1.82, 2.24) is 0 Å². The largest absolute Gasteiger partial charge is 0.334 e. The molecule has 11 aromatic rings. The standard InChI is InChI=1S/C76H65N3/c1-71-37-40-74(71,4)77(52-21-13-8-14-22-52)66-34-27-49(43-63(66)71)60-46-59(48-19-11-7-12-20-48)55-30-31-57-61(50-28-35-67-64(44-50)72(2)38-41-75(72,5)78(67)53-23-15-9-16-24-53)47-62(58-33-32-56(60)69(55)70(57)58)51-29-36-68-65(45-51)73(3)39-42-76(73,6)79(68)54-25-17-10-18-26-54/h7-36,43-47H,37-42H2,1-6H3. The minimum absolute atomic E-state index is 0.00359. The van der Waals surface area contributed by atoms with Crippen LogP contribution in [0.4, 0.5) is 34.1 Å². The fourth-order valence-corrected chi connectivity index (χ4v) is 17.3. The molecule has 0 bridgehead atoms. The van der Waals surface area contributed by atoms with Gasteiger partial charge in [0, 0.05) is 50.4 Å². The average Bonchev–Trinajstić information content (AvgIpc) is 2.24. The molecule has 3 aliphatic heterocycles. The fourth-order valence-electron chi connectivity index (χ4n) is 17.3. The van der Waals surface area contributed by atoms with E-state index in [9.17, 15) is 0 Å². The summed E-state index contributed by atoms with van der Waals surface area (Å²) in [6.45, 7) is 15.1. The molecule has 0 amide bonds. The van der Waals surface area contributed by atoms with Crippen molar-refractivity contribution in [2.45, 2.75) is 113 Å². The molecule has 3 heterocycles. The van der Waals surface area contributed by atoms with E-state index in [4.69, 9.17) is 0 Å². The Hall–Kier alpha value is -8.14. The van der Waals surface area contributed by atoms with Gasteiger partial charge in [0.2, 0.25) is 0 Å². The molecule has 79 heavy (non-hydrogen) atoms. The average molecular weight is 1020 g/mol. The number of hydrogen-bond donors (Lipinski definition) is 0. The molecule has 17 rings (SSSR count). The molecular formula is C76H65N3. The van der Waals surface area contributed by atoms with Crippen molar-refractivity contribution in [3.05, 3.63) is 229 Å². The van der Waals surface area contributed by atoms with Gasteiger partial charge in [0.05, 0.1) is 16.6 Å². The summed E-state index contributed by atoms with van der Waals surface area (Å²) in [6.07, 6.45) is 7.05. The van der Waals surface area contributed by atoms with Crippen LogP contribution in [0.2, 0.25) is 0 Å². The van der Waals surface area contributed by atoms with E-state index in [1.165, 1.54) is 166 Å². The third-order valence-electron chi connectivity index (χ3n) is 22.8. The van der Waals surface area contributed by atoms with E-state index in [1.807, 2.05) is 0 Å². The zero-order valence-electron chi connectivity index (χ0n) is 46.3. The van der Waals surface area contributed by atoms with E-state index in [2.05, 4.69) is 269 Å². The van der Waals surface area contributed by atoms with Crippen molar-refractivity contribution < 1.29 is 0 Å². The minimum Gasteiger partial charge on any atom is -0.334 e. The van der Waals surface area contributed by atoms with Gasteiger partial charge in [-0.3, -0.25) is 0 Å². The highest BCUT2D eigenvalue weighted by atomic mass is 15.3. The molecule has 6 aliphatic rings. The Morgan fingerprint density at radius 3 is 0.823 bits per heavy atom. The Morgan fingerprint density at radius 1 is 0.266 bits per heavy atom. The van der Waals surface area contributed by atoms with E-state index in [0.717, 1.165) is 0 Å². The highest BCUT2D eigenvalue weighted by Crippen LogP contribution is 2.68. The van der Waals surface area contributed by atoms with E-state index >= 15 is 0 Å². The predicted octanol–water partition coefficient (Wildman–Crippen LogP) is 20.1. The van der Waals surface area contributed by atoms with Gasteiger partial charge in [-0.1, -0.05) is 148 Å². The summed E-state index contributed by atoms with van der Waals surface area (Å²) in [7, 11) is 0. The van der Waals surface area contributed by atoms with E-state index in [0.29, 0.717) is 0 Å². The highest BCUT2D eigenvalue weighted by Gasteiger charge is 2.65. The Balaban J connectivity index is 0.934. The van der Waals surface area contributed by atoms with Crippen LogP contribution >= 0.6 is 0 Å². The predicted molar refractivity (Wildman–Crippen MR) is 333 cm³/mol. The van der Waals surface area contributed by atoms with Crippen molar-refractivity contribution in [2.24, 2.45) is 0 Å². The van der Waals surface area contributed by atoms with Crippen LogP contribution in [-0.4, -0.2) is 16.6 Å². The lowest BCUT2D eigenvalue weighted by atomic mass is 9.55. The van der Waals surface area contributed by atoms with Gasteiger partial charge in [0.25, 0.3) is 0 Å². The molecule has 11 aromatic carbocycles. The molecule has 3 nitrogen and oxygen atoms in total. The van der Waals surface area contributed by atoms with Crippen LogP contribution in [0.3, 0.4) is 0 Å². The number of rotatable bonds is 7. The Kier molecular flexibility index (Phi) is 8.91. The minimum atomic E-state index is 0.00359. The van der Waals surface area contributed by atoms with Crippen LogP contribution in [0.25, 0.3) is 76.8 Å². The summed E-state index contributed by atoms with van der Waals surface area (Å²) in [5, 5.41) is 7.95. The summed E-state index contributed by atoms with van der Waals surface area (Å²) < 4.78 is 0. The van der Waals surface area contributed by atoms with Crippen LogP contribution in [-0.2, 0) is 16.2 Å². The normalized spacial score (nSPS) is 26.8. The van der Waals surface area contributed by atoms with Crippen molar-refractivity contribution in [3.63, 3.8) is 0 Å². The van der Waals surface area contributed by atoms with Gasteiger partial charge in [0.15, 0.2) is 0 Å². The molecule has 0 radical (unpaired) electrons. The SMILES string of the molecule is CC12CCC1(C)N(c1ccccc1)c1ccc(-c3cc(-c4ccccc4)c4ccc5c(-c6ccc7c(c6)C6(C)CCC6(C)N7c6ccccc6)cc(-c6ccc7c(c6)C6(C)CCC6(C)N7c6ccccc6)c6ccc3c4c56)cc12. The van der Waals surface area contributed by atoms with Crippen molar-refractivity contribution in [3.8, 4) is 44.5 Å². The van der Waals surface area contributed by atoms with E-state index in [1.54, 1.807) is 0 Å². The fraction of sp³-hybridized carbons (Fsp3) is 0.237. The number of anilines is 6. The van der Waals surface area contributed by atoms with Gasteiger partial charge in [-0.05, 0) is 238 Å². The first-order valence-corrected chi connectivity index (χ1v) is 29.2. The number of para-hydroxylation sites is 3. The molecule has 6 unspecified atom stereocenters. The highest BCUT2D eigenvalue weighted by molar-refractivity contribution is 6.32. The van der Waals surface area contributed by atoms with Gasteiger partial charge < -0.3 is 14.7 Å². The third kappa shape index (κ3) is 5.55. The lowest BCUT2D eigenvalue weighted by Crippen LogP contribution is -2.60. The van der Waals surface area contributed by atoms with Gasteiger partial charge >= 0.3 is 0 Å². The second-order valence-corrected chi connectivity index (χ2v) is 25.9. The summed E-state index contributed by atoms with van der Waals surface area (Å²) in [6, 6.07) is 82.0. The first-order valence-electron chi connectivity index (χ1n) is 29.2. The molecule has 3 heteroatoms. The van der Waals surface area contributed by atoms with Crippen molar-refractivity contribution in [2.75, 3.05) is 14.7 Å². The molecule has 3 saturated carbocycles. The third-order valence-corrected chi connectivity index (χ3v) is 22.8. The van der Waals surface area contributed by atoms with Gasteiger partial charge in [-0.25, -0.2) is 0 Å². The molecule has 384 valence electrons. The van der Waals surface area contributed by atoms with Crippen molar-refractivity contribution in [1.29, 1.82) is 0 Å². The molecule has 0 aromatic heterocycles. The summed E-state index contributed by atoms with van der Waals surface area (Å²) in [4.78, 5) is 7.99. The van der Waals surface area contributed by atoms with Gasteiger partial charge in [0.1, 0.15) is 0 Å². The Bertz CT molecular complexity index is 4230. The summed E-state index contributed by atoms with van der Waals surface area (Å²) in [5.41, 5.74) is 22.7. The lowest BCUT2D eigenvalue weighted by Gasteiger charge is -2.56. The molecule has 6 atom stereocenters. The lowest BCUT2D eigenvalue weighted by molar-refractivity contribution is 0.133. The van der Waals surface area contributed by atoms with Crippen LogP contribution < -0.4 is 14.7 Å². The van der Waals surface area contributed by atoms with Crippen LogP contribution in [0, 0.1) is 0 Å². The van der Waals surface area contributed by atoms with E-state index < -0.39 is 0 Å². The van der Waals surface area contributed by atoms with Gasteiger partial charge in [-0.2, -0.15) is 0 Å². The Morgan fingerprint density at radius 2 is 0.544 bits per heavy atom. The first kappa shape index (κ1) is 45.8.